The first-order valence-corrected chi connectivity index (χ1v) is 7.89. The average Bonchev–Trinajstić information content (AvgIpc) is 2.49. The summed E-state index contributed by atoms with van der Waals surface area (Å²) in [6.07, 6.45) is 4.83. The fraction of sp³-hybridized carbons (Fsp3) is 0.529. The van der Waals surface area contributed by atoms with E-state index in [0.29, 0.717) is 18.7 Å². The van der Waals surface area contributed by atoms with E-state index in [4.69, 9.17) is 4.74 Å². The summed E-state index contributed by atoms with van der Waals surface area (Å²) >= 11 is 0. The minimum atomic E-state index is -1.03. The van der Waals surface area contributed by atoms with Crippen LogP contribution in [0.2, 0.25) is 0 Å². The van der Waals surface area contributed by atoms with Gasteiger partial charge in [-0.1, -0.05) is 45.2 Å². The Morgan fingerprint density at radius 3 is 2.50 bits per heavy atom. The molecule has 0 aliphatic rings. The summed E-state index contributed by atoms with van der Waals surface area (Å²) in [4.78, 5) is 23.2. The fourth-order valence-electron chi connectivity index (χ4n) is 2.20. The van der Waals surface area contributed by atoms with Crippen molar-refractivity contribution < 1.29 is 19.4 Å². The number of ether oxygens (including phenoxy) is 1. The Hall–Kier alpha value is -2.04. The van der Waals surface area contributed by atoms with Gasteiger partial charge in [-0.05, 0) is 30.9 Å². The number of nitrogens with one attached hydrogen (secondary N) is 1. The SMILES string of the molecule is CCCCCOC(=O)Nc1cccc(CCCC)c1C(=O)O. The van der Waals surface area contributed by atoms with Crippen molar-refractivity contribution in [2.45, 2.75) is 52.4 Å². The topological polar surface area (TPSA) is 75.6 Å². The molecule has 0 unspecified atom stereocenters. The lowest BCUT2D eigenvalue weighted by Crippen LogP contribution is -2.17. The molecule has 0 aliphatic carbocycles. The molecule has 0 saturated carbocycles. The molecular formula is C17H25NO4. The highest BCUT2D eigenvalue weighted by Crippen LogP contribution is 2.22. The molecule has 122 valence electrons. The highest BCUT2D eigenvalue weighted by Gasteiger charge is 2.17. The maximum atomic E-state index is 11.7. The van der Waals surface area contributed by atoms with Crippen molar-refractivity contribution in [2.75, 3.05) is 11.9 Å². The third-order valence-corrected chi connectivity index (χ3v) is 3.38. The lowest BCUT2D eigenvalue weighted by atomic mass is 10.0. The van der Waals surface area contributed by atoms with Crippen molar-refractivity contribution in [1.29, 1.82) is 0 Å². The van der Waals surface area contributed by atoms with Gasteiger partial charge in [0.1, 0.15) is 0 Å². The zero-order chi connectivity index (χ0) is 16.4. The average molecular weight is 307 g/mol. The second-order valence-corrected chi connectivity index (χ2v) is 5.22. The number of rotatable bonds is 9. The number of anilines is 1. The Morgan fingerprint density at radius 1 is 1.14 bits per heavy atom. The normalized spacial score (nSPS) is 10.3. The Labute approximate surface area is 131 Å². The molecule has 2 N–H and O–H groups in total. The van der Waals surface area contributed by atoms with Crippen LogP contribution in [0.3, 0.4) is 0 Å². The van der Waals surface area contributed by atoms with Gasteiger partial charge in [0, 0.05) is 0 Å². The summed E-state index contributed by atoms with van der Waals surface area (Å²) in [6, 6.07) is 5.13. The Morgan fingerprint density at radius 2 is 1.86 bits per heavy atom. The van der Waals surface area contributed by atoms with Gasteiger partial charge in [-0.25, -0.2) is 9.59 Å². The number of aryl methyl sites for hydroxylation is 1. The van der Waals surface area contributed by atoms with Gasteiger partial charge in [0.25, 0.3) is 0 Å². The molecule has 5 heteroatoms. The molecule has 5 nitrogen and oxygen atoms in total. The van der Waals surface area contributed by atoms with E-state index in [1.807, 2.05) is 0 Å². The number of hydrogen-bond donors (Lipinski definition) is 2. The van der Waals surface area contributed by atoms with E-state index in [-0.39, 0.29) is 5.56 Å². The first-order chi connectivity index (χ1) is 10.6. The van der Waals surface area contributed by atoms with Crippen LogP contribution >= 0.6 is 0 Å². The second kappa shape index (κ2) is 9.82. The van der Waals surface area contributed by atoms with Crippen LogP contribution in [0.5, 0.6) is 0 Å². The van der Waals surface area contributed by atoms with Gasteiger partial charge in [-0.3, -0.25) is 5.32 Å². The number of benzene rings is 1. The smallest absolute Gasteiger partial charge is 0.411 e. The van der Waals surface area contributed by atoms with Crippen molar-refractivity contribution in [1.82, 2.24) is 0 Å². The number of aromatic carboxylic acids is 1. The molecule has 22 heavy (non-hydrogen) atoms. The molecule has 0 saturated heterocycles. The van der Waals surface area contributed by atoms with E-state index in [1.165, 1.54) is 0 Å². The Balaban J connectivity index is 2.76. The summed E-state index contributed by atoms with van der Waals surface area (Å²) in [5.41, 5.74) is 1.18. The zero-order valence-electron chi connectivity index (χ0n) is 13.4. The first kappa shape index (κ1) is 18.0. The van der Waals surface area contributed by atoms with Gasteiger partial charge in [0.05, 0.1) is 17.9 Å². The molecule has 0 aliphatic heterocycles. The molecule has 0 spiro atoms. The third-order valence-electron chi connectivity index (χ3n) is 3.38. The predicted molar refractivity (Wildman–Crippen MR) is 86.5 cm³/mol. The van der Waals surface area contributed by atoms with E-state index in [0.717, 1.165) is 37.7 Å². The summed E-state index contributed by atoms with van der Waals surface area (Å²) in [5.74, 6) is -1.03. The van der Waals surface area contributed by atoms with Crippen molar-refractivity contribution in [3.63, 3.8) is 0 Å². The van der Waals surface area contributed by atoms with Crippen molar-refractivity contribution >= 4 is 17.7 Å². The quantitative estimate of drug-likeness (QED) is 0.660. The van der Waals surface area contributed by atoms with Crippen LogP contribution in [0.4, 0.5) is 10.5 Å². The molecule has 0 fully saturated rings. The van der Waals surface area contributed by atoms with Gasteiger partial charge in [0.2, 0.25) is 0 Å². The molecule has 1 rings (SSSR count). The first-order valence-electron chi connectivity index (χ1n) is 7.89. The fourth-order valence-corrected chi connectivity index (χ4v) is 2.20. The minimum Gasteiger partial charge on any atom is -0.478 e. The van der Waals surface area contributed by atoms with Gasteiger partial charge in [-0.15, -0.1) is 0 Å². The predicted octanol–water partition coefficient (Wildman–Crippen LogP) is 4.47. The highest BCUT2D eigenvalue weighted by molar-refractivity contribution is 6.00. The molecule has 0 atom stereocenters. The van der Waals surface area contributed by atoms with Crippen molar-refractivity contribution in [3.8, 4) is 0 Å². The summed E-state index contributed by atoms with van der Waals surface area (Å²) in [5, 5.41) is 12.0. The molecule has 1 amide bonds. The Kier molecular flexibility index (Phi) is 8.04. The number of hydrogen-bond acceptors (Lipinski definition) is 3. The van der Waals surface area contributed by atoms with Gasteiger partial charge < -0.3 is 9.84 Å². The summed E-state index contributed by atoms with van der Waals surface area (Å²) < 4.78 is 5.06. The third kappa shape index (κ3) is 5.76. The van der Waals surface area contributed by atoms with Gasteiger partial charge >= 0.3 is 12.1 Å². The number of unbranched alkanes of at least 4 members (excludes halogenated alkanes) is 3. The summed E-state index contributed by atoms with van der Waals surface area (Å²) in [7, 11) is 0. The van der Waals surface area contributed by atoms with Crippen LogP contribution in [0.25, 0.3) is 0 Å². The van der Waals surface area contributed by atoms with E-state index < -0.39 is 12.1 Å². The molecule has 1 aromatic carbocycles. The van der Waals surface area contributed by atoms with Crippen LogP contribution in [0, 0.1) is 0 Å². The minimum absolute atomic E-state index is 0.154. The number of carboxylic acid groups (broad SMARTS) is 1. The van der Waals surface area contributed by atoms with Crippen LogP contribution in [0.1, 0.15) is 61.9 Å². The highest BCUT2D eigenvalue weighted by atomic mass is 16.5. The van der Waals surface area contributed by atoms with Crippen molar-refractivity contribution in [3.05, 3.63) is 29.3 Å². The summed E-state index contributed by atoms with van der Waals surface area (Å²) in [6.45, 7) is 4.47. The zero-order valence-corrected chi connectivity index (χ0v) is 13.4. The monoisotopic (exact) mass is 307 g/mol. The molecule has 1 aromatic rings. The van der Waals surface area contributed by atoms with E-state index in [2.05, 4.69) is 19.2 Å². The molecule has 0 radical (unpaired) electrons. The van der Waals surface area contributed by atoms with Gasteiger partial charge in [0.15, 0.2) is 0 Å². The lowest BCUT2D eigenvalue weighted by molar-refractivity contribution is 0.0697. The molecule has 0 aromatic heterocycles. The standard InChI is InChI=1S/C17H25NO4/c1-3-5-7-12-22-17(21)18-14-11-8-10-13(9-6-4-2)15(14)16(19)20/h8,10-11H,3-7,9,12H2,1-2H3,(H,18,21)(H,19,20). The van der Waals surface area contributed by atoms with Crippen LogP contribution in [0.15, 0.2) is 18.2 Å². The number of amides is 1. The molecular weight excluding hydrogens is 282 g/mol. The molecule has 0 heterocycles. The van der Waals surface area contributed by atoms with Crippen LogP contribution < -0.4 is 5.32 Å². The van der Waals surface area contributed by atoms with Crippen molar-refractivity contribution in [2.24, 2.45) is 0 Å². The largest absolute Gasteiger partial charge is 0.478 e. The maximum Gasteiger partial charge on any atom is 0.411 e. The lowest BCUT2D eigenvalue weighted by Gasteiger charge is -2.12. The van der Waals surface area contributed by atoms with Gasteiger partial charge in [-0.2, -0.15) is 0 Å². The maximum absolute atomic E-state index is 11.7. The number of carboxylic acids is 1. The van der Waals surface area contributed by atoms with Crippen LogP contribution in [-0.2, 0) is 11.2 Å². The second-order valence-electron chi connectivity index (χ2n) is 5.22. The van der Waals surface area contributed by atoms with E-state index >= 15 is 0 Å². The Bertz CT molecular complexity index is 499. The van der Waals surface area contributed by atoms with Crippen LogP contribution in [-0.4, -0.2) is 23.8 Å². The number of carbonyl (C=O) groups excluding carboxylic acids is 1. The number of carbonyl (C=O) groups is 2. The molecule has 0 bridgehead atoms. The van der Waals surface area contributed by atoms with E-state index in [1.54, 1.807) is 18.2 Å². The van der Waals surface area contributed by atoms with E-state index in [9.17, 15) is 14.7 Å².